The number of piperazine rings is 1. The van der Waals surface area contributed by atoms with Gasteiger partial charge in [-0.15, -0.1) is 0 Å². The van der Waals surface area contributed by atoms with Crippen molar-refractivity contribution in [1.82, 2.24) is 9.80 Å². The van der Waals surface area contributed by atoms with Crippen molar-refractivity contribution < 1.29 is 4.39 Å². The standard InChI is InChI=1S/C20H30FN3S/c21-17-3-5-18(6-4-17)22-10-12-23(13-11-22)20-2-1-9-24(16-20)19-7-14-25-15-8-19/h3-6,19-20H,1-2,7-16H2/t20-/m1/s1. The van der Waals surface area contributed by atoms with Crippen molar-refractivity contribution in [3.8, 4) is 0 Å². The topological polar surface area (TPSA) is 9.72 Å². The van der Waals surface area contributed by atoms with Gasteiger partial charge in [0.25, 0.3) is 0 Å². The van der Waals surface area contributed by atoms with Gasteiger partial charge in [0.2, 0.25) is 0 Å². The number of benzene rings is 1. The molecule has 0 unspecified atom stereocenters. The van der Waals surface area contributed by atoms with Crippen LogP contribution >= 0.6 is 11.8 Å². The average Bonchev–Trinajstić information content (AvgIpc) is 2.70. The van der Waals surface area contributed by atoms with Crippen LogP contribution in [0.4, 0.5) is 10.1 Å². The molecular weight excluding hydrogens is 333 g/mol. The number of likely N-dealkylation sites (tertiary alicyclic amines) is 1. The molecule has 3 aliphatic rings. The first-order valence-corrected chi connectivity index (χ1v) is 11.0. The fraction of sp³-hybridized carbons (Fsp3) is 0.700. The molecule has 4 rings (SSSR count). The Morgan fingerprint density at radius 1 is 0.800 bits per heavy atom. The van der Waals surface area contributed by atoms with Gasteiger partial charge in [0.1, 0.15) is 5.82 Å². The van der Waals surface area contributed by atoms with Crippen LogP contribution in [0.2, 0.25) is 0 Å². The van der Waals surface area contributed by atoms with Gasteiger partial charge in [0.05, 0.1) is 0 Å². The van der Waals surface area contributed by atoms with Crippen molar-refractivity contribution in [3.05, 3.63) is 30.1 Å². The maximum atomic E-state index is 13.1. The molecule has 0 aromatic heterocycles. The Balaban J connectivity index is 1.30. The zero-order chi connectivity index (χ0) is 17.1. The van der Waals surface area contributed by atoms with Crippen molar-refractivity contribution in [1.29, 1.82) is 0 Å². The monoisotopic (exact) mass is 363 g/mol. The van der Waals surface area contributed by atoms with Crippen LogP contribution in [0.3, 0.4) is 0 Å². The lowest BCUT2D eigenvalue weighted by molar-refractivity contribution is 0.0645. The third-order valence-electron chi connectivity index (χ3n) is 6.16. The van der Waals surface area contributed by atoms with E-state index >= 15 is 0 Å². The molecule has 0 amide bonds. The third-order valence-corrected chi connectivity index (χ3v) is 7.21. The molecule has 138 valence electrons. The van der Waals surface area contributed by atoms with Crippen LogP contribution in [0.15, 0.2) is 24.3 Å². The van der Waals surface area contributed by atoms with Crippen molar-refractivity contribution in [2.75, 3.05) is 55.7 Å². The SMILES string of the molecule is Fc1ccc(N2CCN([C@@H]3CCCN(C4CCSCC4)C3)CC2)cc1. The first kappa shape index (κ1) is 17.6. The molecule has 3 saturated heterocycles. The molecule has 1 aromatic rings. The van der Waals surface area contributed by atoms with E-state index in [1.165, 1.54) is 50.3 Å². The van der Waals surface area contributed by atoms with Crippen molar-refractivity contribution in [2.45, 2.75) is 37.8 Å². The van der Waals surface area contributed by atoms with Gasteiger partial charge in [-0.2, -0.15) is 11.8 Å². The molecule has 0 N–H and O–H groups in total. The highest BCUT2D eigenvalue weighted by atomic mass is 32.2. The van der Waals surface area contributed by atoms with E-state index in [-0.39, 0.29) is 5.82 Å². The van der Waals surface area contributed by atoms with Gasteiger partial charge in [-0.1, -0.05) is 0 Å². The molecule has 1 atom stereocenters. The molecule has 0 aliphatic carbocycles. The average molecular weight is 364 g/mol. The van der Waals surface area contributed by atoms with Crippen LogP contribution in [-0.2, 0) is 0 Å². The van der Waals surface area contributed by atoms with E-state index < -0.39 is 0 Å². The van der Waals surface area contributed by atoms with Crippen molar-refractivity contribution in [2.24, 2.45) is 0 Å². The lowest BCUT2D eigenvalue weighted by Gasteiger charge is -2.46. The van der Waals surface area contributed by atoms with Crippen LogP contribution in [0.5, 0.6) is 0 Å². The Morgan fingerprint density at radius 3 is 2.24 bits per heavy atom. The second kappa shape index (κ2) is 8.28. The quantitative estimate of drug-likeness (QED) is 0.815. The Bertz CT molecular complexity index is 538. The lowest BCUT2D eigenvalue weighted by atomic mass is 9.99. The van der Waals surface area contributed by atoms with Crippen LogP contribution in [0, 0.1) is 5.82 Å². The van der Waals surface area contributed by atoms with Crippen molar-refractivity contribution >= 4 is 17.4 Å². The van der Waals surface area contributed by atoms with Crippen molar-refractivity contribution in [3.63, 3.8) is 0 Å². The Morgan fingerprint density at radius 2 is 1.52 bits per heavy atom. The minimum atomic E-state index is -0.147. The van der Waals surface area contributed by atoms with Gasteiger partial charge < -0.3 is 4.90 Å². The van der Waals surface area contributed by atoms with E-state index in [0.29, 0.717) is 0 Å². The molecule has 5 heteroatoms. The molecule has 0 saturated carbocycles. The highest BCUT2D eigenvalue weighted by Crippen LogP contribution is 2.27. The van der Waals surface area contributed by atoms with E-state index in [2.05, 4.69) is 26.5 Å². The Hall–Kier alpha value is -0.780. The molecule has 0 bridgehead atoms. The summed E-state index contributed by atoms with van der Waals surface area (Å²) in [6, 6.07) is 8.54. The van der Waals surface area contributed by atoms with Gasteiger partial charge in [0, 0.05) is 50.5 Å². The lowest BCUT2D eigenvalue weighted by Crippen LogP contribution is -2.56. The number of hydrogen-bond donors (Lipinski definition) is 0. The summed E-state index contributed by atoms with van der Waals surface area (Å²) in [5.41, 5.74) is 1.16. The number of rotatable bonds is 3. The predicted molar refractivity (Wildman–Crippen MR) is 105 cm³/mol. The van der Waals surface area contributed by atoms with Crippen LogP contribution in [0.1, 0.15) is 25.7 Å². The largest absolute Gasteiger partial charge is 0.369 e. The van der Waals surface area contributed by atoms with E-state index in [0.717, 1.165) is 44.0 Å². The second-order valence-corrected chi connectivity index (χ2v) is 8.86. The molecule has 0 spiro atoms. The van der Waals surface area contributed by atoms with E-state index in [1.807, 2.05) is 12.1 Å². The summed E-state index contributed by atoms with van der Waals surface area (Å²) >= 11 is 2.12. The number of nitrogens with zero attached hydrogens (tertiary/aromatic N) is 3. The fourth-order valence-electron chi connectivity index (χ4n) is 4.66. The zero-order valence-electron chi connectivity index (χ0n) is 15.1. The minimum Gasteiger partial charge on any atom is -0.369 e. The molecule has 3 aliphatic heterocycles. The first-order chi connectivity index (χ1) is 12.3. The summed E-state index contributed by atoms with van der Waals surface area (Å²) in [4.78, 5) is 7.90. The number of piperidine rings is 1. The second-order valence-electron chi connectivity index (χ2n) is 7.63. The Labute approximate surface area is 155 Å². The van der Waals surface area contributed by atoms with Gasteiger partial charge in [0.15, 0.2) is 0 Å². The highest BCUT2D eigenvalue weighted by Gasteiger charge is 2.31. The van der Waals surface area contributed by atoms with Gasteiger partial charge in [-0.05, 0) is 68.0 Å². The number of anilines is 1. The van der Waals surface area contributed by atoms with Gasteiger partial charge >= 0.3 is 0 Å². The normalized spacial score (nSPS) is 27.6. The molecular formula is C20H30FN3S. The van der Waals surface area contributed by atoms with Gasteiger partial charge in [-0.25, -0.2) is 4.39 Å². The number of thioether (sulfide) groups is 1. The Kier molecular flexibility index (Phi) is 5.83. The molecule has 0 radical (unpaired) electrons. The molecule has 3 heterocycles. The maximum Gasteiger partial charge on any atom is 0.123 e. The fourth-order valence-corrected chi connectivity index (χ4v) is 5.74. The molecule has 25 heavy (non-hydrogen) atoms. The van der Waals surface area contributed by atoms with Crippen LogP contribution in [0.25, 0.3) is 0 Å². The smallest absolute Gasteiger partial charge is 0.123 e. The molecule has 1 aromatic carbocycles. The summed E-state index contributed by atoms with van der Waals surface area (Å²) in [6.07, 6.45) is 5.48. The summed E-state index contributed by atoms with van der Waals surface area (Å²) in [5.74, 6) is 2.55. The molecule has 3 nitrogen and oxygen atoms in total. The van der Waals surface area contributed by atoms with E-state index in [9.17, 15) is 4.39 Å². The molecule has 3 fully saturated rings. The van der Waals surface area contributed by atoms with E-state index in [4.69, 9.17) is 0 Å². The maximum absolute atomic E-state index is 13.1. The van der Waals surface area contributed by atoms with Crippen LogP contribution in [-0.4, -0.2) is 72.7 Å². The number of hydrogen-bond acceptors (Lipinski definition) is 4. The summed E-state index contributed by atoms with van der Waals surface area (Å²) in [5, 5.41) is 0. The first-order valence-electron chi connectivity index (χ1n) is 9.86. The van der Waals surface area contributed by atoms with Crippen LogP contribution < -0.4 is 4.90 Å². The van der Waals surface area contributed by atoms with Gasteiger partial charge in [-0.3, -0.25) is 9.80 Å². The third kappa shape index (κ3) is 4.32. The summed E-state index contributed by atoms with van der Waals surface area (Å²) in [6.45, 7) is 6.96. The summed E-state index contributed by atoms with van der Waals surface area (Å²) < 4.78 is 13.1. The number of halogens is 1. The van der Waals surface area contributed by atoms with E-state index in [1.54, 1.807) is 12.1 Å². The zero-order valence-corrected chi connectivity index (χ0v) is 15.9. The minimum absolute atomic E-state index is 0.147. The predicted octanol–water partition coefficient (Wildman–Crippen LogP) is 3.31. The highest BCUT2D eigenvalue weighted by molar-refractivity contribution is 7.99. The summed E-state index contributed by atoms with van der Waals surface area (Å²) in [7, 11) is 0.